The summed E-state index contributed by atoms with van der Waals surface area (Å²) < 4.78 is 5.23. The highest BCUT2D eigenvalue weighted by Gasteiger charge is 2.50. The number of ether oxygens (including phenoxy) is 1. The van der Waals surface area contributed by atoms with Crippen LogP contribution in [0.5, 0.6) is 0 Å². The van der Waals surface area contributed by atoms with Gasteiger partial charge in [0.1, 0.15) is 12.4 Å². The number of fused-ring (bicyclic) bond motifs is 1. The summed E-state index contributed by atoms with van der Waals surface area (Å²) >= 11 is 0. The third-order valence-corrected chi connectivity index (χ3v) is 6.06. The van der Waals surface area contributed by atoms with Crippen LogP contribution in [-0.2, 0) is 14.3 Å². The molecule has 0 spiro atoms. The molecule has 0 aromatic carbocycles. The van der Waals surface area contributed by atoms with Gasteiger partial charge in [0.25, 0.3) is 0 Å². The van der Waals surface area contributed by atoms with Gasteiger partial charge in [0.05, 0.1) is 0 Å². The van der Waals surface area contributed by atoms with Crippen LogP contribution >= 0.6 is 0 Å². The second kappa shape index (κ2) is 8.16. The summed E-state index contributed by atoms with van der Waals surface area (Å²) in [4.78, 5) is 24.0. The van der Waals surface area contributed by atoms with Gasteiger partial charge in [-0.25, -0.2) is 0 Å². The van der Waals surface area contributed by atoms with Crippen LogP contribution in [0.15, 0.2) is 35.5 Å². The highest BCUT2D eigenvalue weighted by molar-refractivity contribution is 5.88. The molecule has 0 amide bonds. The first-order valence-electron chi connectivity index (χ1n) is 9.39. The Morgan fingerprint density at radius 1 is 1.32 bits per heavy atom. The molecule has 138 valence electrons. The molecule has 0 heterocycles. The average Bonchev–Trinajstić information content (AvgIpc) is 2.78. The summed E-state index contributed by atoms with van der Waals surface area (Å²) in [7, 11) is 0. The Morgan fingerprint density at radius 2 is 2.04 bits per heavy atom. The molecular weight excluding hydrogens is 312 g/mol. The Hall–Kier alpha value is -1.64. The van der Waals surface area contributed by atoms with Gasteiger partial charge in [-0.05, 0) is 63.4 Å². The summed E-state index contributed by atoms with van der Waals surface area (Å²) in [5.41, 5.74) is 3.31. The highest BCUT2D eigenvalue weighted by atomic mass is 16.5. The monoisotopic (exact) mass is 344 g/mol. The van der Waals surface area contributed by atoms with Crippen LogP contribution < -0.4 is 0 Å². The standard InChI is InChI=1S/C22H32O3/c1-15(2)19-13-21(24)22(5)12-11-16(3)7-6-8-18(9-10-20(19)22)14-25-17(4)23/h8,11,19-20H,1,6-7,9-10,12-14H2,2-5H3/b16-11+,18-8+/t19-,20+,22-/m1/s1. The third kappa shape index (κ3) is 4.71. The molecule has 0 unspecified atom stereocenters. The number of allylic oxidation sites excluding steroid dienone is 4. The Balaban J connectivity index is 2.29. The summed E-state index contributed by atoms with van der Waals surface area (Å²) in [6, 6.07) is 0. The summed E-state index contributed by atoms with van der Waals surface area (Å²) in [6.07, 6.45) is 9.69. The number of hydrogen-bond acceptors (Lipinski definition) is 3. The van der Waals surface area contributed by atoms with E-state index in [4.69, 9.17) is 4.74 Å². The SMILES string of the molecule is C=C(C)[C@H]1CC(=O)[C@]2(C)C/C=C(\C)CC/C=C(/COC(C)=O)CC[C@@H]12. The molecule has 3 heteroatoms. The topological polar surface area (TPSA) is 43.4 Å². The molecule has 2 aliphatic rings. The fraction of sp³-hybridized carbons (Fsp3) is 0.636. The molecular formula is C22H32O3. The van der Waals surface area contributed by atoms with Crippen molar-refractivity contribution >= 4 is 11.8 Å². The smallest absolute Gasteiger partial charge is 0.302 e. The molecule has 0 saturated heterocycles. The van der Waals surface area contributed by atoms with Gasteiger partial charge in [0, 0.05) is 18.8 Å². The number of esters is 1. The first-order chi connectivity index (χ1) is 11.7. The van der Waals surface area contributed by atoms with Crippen LogP contribution in [0.3, 0.4) is 0 Å². The van der Waals surface area contributed by atoms with Crippen LogP contribution in [0, 0.1) is 17.3 Å². The van der Waals surface area contributed by atoms with Crippen LogP contribution in [-0.4, -0.2) is 18.4 Å². The largest absolute Gasteiger partial charge is 0.461 e. The predicted octanol–water partition coefficient (Wildman–Crippen LogP) is 5.17. The van der Waals surface area contributed by atoms with Crippen molar-refractivity contribution in [3.05, 3.63) is 35.5 Å². The van der Waals surface area contributed by atoms with Crippen LogP contribution in [0.1, 0.15) is 66.2 Å². The average molecular weight is 344 g/mol. The van der Waals surface area contributed by atoms with Gasteiger partial charge in [-0.15, -0.1) is 0 Å². The van der Waals surface area contributed by atoms with E-state index in [0.717, 1.165) is 37.7 Å². The lowest BCUT2D eigenvalue weighted by molar-refractivity contribution is -0.140. The van der Waals surface area contributed by atoms with E-state index >= 15 is 0 Å². The lowest BCUT2D eigenvalue weighted by atomic mass is 9.70. The van der Waals surface area contributed by atoms with Crippen LogP contribution in [0.25, 0.3) is 0 Å². The molecule has 2 rings (SSSR count). The molecule has 0 aromatic heterocycles. The van der Waals surface area contributed by atoms with E-state index in [-0.39, 0.29) is 17.3 Å². The Labute approximate surface area is 152 Å². The first-order valence-corrected chi connectivity index (χ1v) is 9.39. The molecule has 2 aliphatic carbocycles. The zero-order valence-corrected chi connectivity index (χ0v) is 16.2. The molecule has 1 saturated carbocycles. The van der Waals surface area contributed by atoms with E-state index in [1.54, 1.807) is 0 Å². The van der Waals surface area contributed by atoms with Gasteiger partial charge < -0.3 is 4.74 Å². The highest BCUT2D eigenvalue weighted by Crippen LogP contribution is 2.51. The summed E-state index contributed by atoms with van der Waals surface area (Å²) in [5.74, 6) is 0.702. The number of hydrogen-bond donors (Lipinski definition) is 0. The van der Waals surface area contributed by atoms with Crippen LogP contribution in [0.4, 0.5) is 0 Å². The van der Waals surface area contributed by atoms with Crippen molar-refractivity contribution in [2.45, 2.75) is 66.2 Å². The molecule has 3 atom stereocenters. The zero-order chi connectivity index (χ0) is 18.6. The third-order valence-electron chi connectivity index (χ3n) is 6.06. The van der Waals surface area contributed by atoms with Crippen molar-refractivity contribution in [1.29, 1.82) is 0 Å². The zero-order valence-electron chi connectivity index (χ0n) is 16.2. The minimum Gasteiger partial charge on any atom is -0.461 e. The van der Waals surface area contributed by atoms with E-state index in [0.29, 0.717) is 24.7 Å². The molecule has 0 aromatic rings. The number of carbonyl (C=O) groups is 2. The predicted molar refractivity (Wildman–Crippen MR) is 101 cm³/mol. The van der Waals surface area contributed by atoms with E-state index in [2.05, 4.69) is 32.6 Å². The van der Waals surface area contributed by atoms with E-state index in [1.807, 2.05) is 6.92 Å². The van der Waals surface area contributed by atoms with Crippen LogP contribution in [0.2, 0.25) is 0 Å². The lowest BCUT2D eigenvalue weighted by Gasteiger charge is -2.33. The van der Waals surface area contributed by atoms with E-state index in [9.17, 15) is 9.59 Å². The fourth-order valence-corrected chi connectivity index (χ4v) is 4.29. The Kier molecular flexibility index (Phi) is 6.42. The molecule has 0 radical (unpaired) electrons. The summed E-state index contributed by atoms with van der Waals surface area (Å²) in [5, 5.41) is 0. The fourth-order valence-electron chi connectivity index (χ4n) is 4.29. The minimum atomic E-state index is -0.304. The van der Waals surface area contributed by atoms with Gasteiger partial charge in [0.15, 0.2) is 0 Å². The number of Topliss-reactive ketones (excluding diaryl/α,β-unsaturated/α-hetero) is 1. The van der Waals surface area contributed by atoms with Gasteiger partial charge in [0.2, 0.25) is 0 Å². The Bertz CT molecular complexity index is 611. The van der Waals surface area contributed by atoms with Crippen molar-refractivity contribution in [2.75, 3.05) is 6.61 Å². The molecule has 0 aliphatic heterocycles. The number of rotatable bonds is 3. The van der Waals surface area contributed by atoms with E-state index < -0.39 is 0 Å². The van der Waals surface area contributed by atoms with Crippen molar-refractivity contribution < 1.29 is 14.3 Å². The second-order valence-electron chi connectivity index (χ2n) is 8.08. The molecule has 0 N–H and O–H groups in total. The van der Waals surface area contributed by atoms with Crippen molar-refractivity contribution in [3.63, 3.8) is 0 Å². The van der Waals surface area contributed by atoms with Gasteiger partial charge in [-0.2, -0.15) is 0 Å². The minimum absolute atomic E-state index is 0.244. The molecule has 1 fully saturated rings. The maximum atomic E-state index is 12.8. The number of ketones is 1. The molecule has 3 nitrogen and oxygen atoms in total. The van der Waals surface area contributed by atoms with Crippen molar-refractivity contribution in [3.8, 4) is 0 Å². The normalized spacial score (nSPS) is 34.8. The van der Waals surface area contributed by atoms with Crippen molar-refractivity contribution in [1.82, 2.24) is 0 Å². The second-order valence-corrected chi connectivity index (χ2v) is 8.08. The van der Waals surface area contributed by atoms with Crippen molar-refractivity contribution in [2.24, 2.45) is 17.3 Å². The van der Waals surface area contributed by atoms with Gasteiger partial charge in [-0.3, -0.25) is 9.59 Å². The Morgan fingerprint density at radius 3 is 2.68 bits per heavy atom. The maximum absolute atomic E-state index is 12.8. The van der Waals surface area contributed by atoms with E-state index in [1.165, 1.54) is 18.1 Å². The summed E-state index contributed by atoms with van der Waals surface area (Å²) in [6.45, 7) is 12.3. The molecule has 0 bridgehead atoms. The van der Waals surface area contributed by atoms with Gasteiger partial charge in [-0.1, -0.05) is 36.8 Å². The first kappa shape index (κ1) is 19.7. The lowest BCUT2D eigenvalue weighted by Crippen LogP contribution is -2.30. The number of carbonyl (C=O) groups excluding carboxylic acids is 2. The maximum Gasteiger partial charge on any atom is 0.302 e. The quantitative estimate of drug-likeness (QED) is 0.524. The van der Waals surface area contributed by atoms with Gasteiger partial charge >= 0.3 is 5.97 Å². The molecule has 25 heavy (non-hydrogen) atoms.